The van der Waals surface area contributed by atoms with Gasteiger partial charge in [-0.1, -0.05) is 0 Å². The molecule has 0 unspecified atom stereocenters. The lowest BCUT2D eigenvalue weighted by molar-refractivity contribution is -0.275. The third-order valence-electron chi connectivity index (χ3n) is 1.58. The van der Waals surface area contributed by atoms with E-state index in [4.69, 9.17) is 0 Å². The van der Waals surface area contributed by atoms with Crippen LogP contribution in [0.3, 0.4) is 0 Å². The van der Waals surface area contributed by atoms with Crippen LogP contribution in [0.4, 0.5) is 13.2 Å². The summed E-state index contributed by atoms with van der Waals surface area (Å²) in [5.41, 5.74) is -1.32. The lowest BCUT2D eigenvalue weighted by Crippen LogP contribution is -2.23. The quantitative estimate of drug-likeness (QED) is 0.493. The van der Waals surface area contributed by atoms with Gasteiger partial charge in [0, 0.05) is 6.07 Å². The van der Waals surface area contributed by atoms with Crippen LogP contribution in [-0.4, -0.2) is 24.4 Å². The van der Waals surface area contributed by atoms with Gasteiger partial charge in [0.05, 0.1) is 7.11 Å². The maximum Gasteiger partial charge on any atom is 0.573 e. The van der Waals surface area contributed by atoms with Gasteiger partial charge in [-0.15, -0.1) is 13.2 Å². The van der Waals surface area contributed by atoms with Gasteiger partial charge in [0.2, 0.25) is 5.56 Å². The summed E-state index contributed by atoms with van der Waals surface area (Å²) in [6.07, 6.45) is -4.97. The van der Waals surface area contributed by atoms with Crippen molar-refractivity contribution in [2.45, 2.75) is 6.36 Å². The molecule has 0 aliphatic heterocycles. The predicted octanol–water partition coefficient (Wildman–Crippen LogP) is 1.66. The molecule has 0 aliphatic rings. The number of halogens is 4. The van der Waals surface area contributed by atoms with E-state index in [2.05, 4.69) is 14.5 Å². The highest BCUT2D eigenvalue weighted by atomic mass is 127. The molecule has 1 heterocycles. The van der Waals surface area contributed by atoms with Crippen LogP contribution in [0.1, 0.15) is 10.4 Å². The summed E-state index contributed by atoms with van der Waals surface area (Å²) in [6, 6.07) is 0.676. The van der Waals surface area contributed by atoms with Crippen molar-refractivity contribution in [1.82, 2.24) is 4.98 Å². The van der Waals surface area contributed by atoms with Crippen molar-refractivity contribution >= 4 is 28.6 Å². The molecule has 0 amide bonds. The van der Waals surface area contributed by atoms with Crippen LogP contribution in [0.25, 0.3) is 0 Å². The summed E-state index contributed by atoms with van der Waals surface area (Å²) >= 11 is 1.41. The number of hydrogen-bond donors (Lipinski definition) is 1. The van der Waals surface area contributed by atoms with Gasteiger partial charge in [-0.25, -0.2) is 4.79 Å². The Balaban J connectivity index is 3.35. The maximum absolute atomic E-state index is 12.1. The van der Waals surface area contributed by atoms with Crippen LogP contribution in [0.2, 0.25) is 0 Å². The van der Waals surface area contributed by atoms with Gasteiger partial charge in [0.15, 0.2) is 5.75 Å². The van der Waals surface area contributed by atoms with Crippen molar-refractivity contribution in [3.8, 4) is 5.75 Å². The lowest BCUT2D eigenvalue weighted by atomic mass is 10.2. The van der Waals surface area contributed by atoms with Gasteiger partial charge in [-0.2, -0.15) is 0 Å². The molecule has 0 radical (unpaired) electrons. The molecule has 0 bridgehead atoms. The highest BCUT2D eigenvalue weighted by Gasteiger charge is 2.34. The summed E-state index contributed by atoms with van der Waals surface area (Å²) in [6.45, 7) is 0. The summed E-state index contributed by atoms with van der Waals surface area (Å²) in [5.74, 6) is -1.88. The van der Waals surface area contributed by atoms with E-state index in [0.29, 0.717) is 6.07 Å². The van der Waals surface area contributed by atoms with Gasteiger partial charge in [-0.3, -0.25) is 4.79 Å². The fourth-order valence-corrected chi connectivity index (χ4v) is 1.66. The molecule has 0 spiro atoms. The Morgan fingerprint density at radius 3 is 2.53 bits per heavy atom. The van der Waals surface area contributed by atoms with E-state index in [1.165, 1.54) is 22.6 Å². The molecule has 0 saturated heterocycles. The molecule has 1 aromatic heterocycles. The molecule has 0 fully saturated rings. The third kappa shape index (κ3) is 3.61. The molecular weight excluding hydrogens is 358 g/mol. The average Bonchev–Trinajstić information content (AvgIpc) is 2.19. The second-order valence-electron chi connectivity index (χ2n) is 2.73. The minimum atomic E-state index is -4.97. The van der Waals surface area contributed by atoms with Gasteiger partial charge in [0.25, 0.3) is 0 Å². The van der Waals surface area contributed by atoms with E-state index in [-0.39, 0.29) is 3.70 Å². The SMILES string of the molecule is COC(=O)c1cc(=O)[nH]c(I)c1OC(F)(F)F. The molecule has 9 heteroatoms. The smallest absolute Gasteiger partial charge is 0.465 e. The summed E-state index contributed by atoms with van der Waals surface area (Å²) < 4.78 is 44.0. The summed E-state index contributed by atoms with van der Waals surface area (Å²) in [4.78, 5) is 24.3. The second kappa shape index (κ2) is 4.94. The molecule has 17 heavy (non-hydrogen) atoms. The Hall–Kier alpha value is -1.26. The molecule has 1 N–H and O–H groups in total. The number of carbonyl (C=O) groups excluding carboxylic acids is 1. The molecule has 0 saturated carbocycles. The number of hydrogen-bond acceptors (Lipinski definition) is 4. The molecule has 1 rings (SSSR count). The number of nitrogens with one attached hydrogen (secondary N) is 1. The number of rotatable bonds is 2. The van der Waals surface area contributed by atoms with Crippen molar-refractivity contribution < 1.29 is 27.4 Å². The minimum absolute atomic E-state index is 0.243. The molecule has 94 valence electrons. The maximum atomic E-state index is 12.1. The molecule has 1 aromatic rings. The largest absolute Gasteiger partial charge is 0.573 e. The molecule has 5 nitrogen and oxygen atoms in total. The number of methoxy groups -OCH3 is 1. The van der Waals surface area contributed by atoms with E-state index in [9.17, 15) is 22.8 Å². The highest BCUT2D eigenvalue weighted by molar-refractivity contribution is 14.1. The van der Waals surface area contributed by atoms with Crippen molar-refractivity contribution in [1.29, 1.82) is 0 Å². The van der Waals surface area contributed by atoms with Gasteiger partial charge in [-0.05, 0) is 22.6 Å². The molecule has 0 aliphatic carbocycles. The Labute approximate surface area is 106 Å². The number of pyridine rings is 1. The van der Waals surface area contributed by atoms with E-state index in [0.717, 1.165) is 7.11 Å². The highest BCUT2D eigenvalue weighted by Crippen LogP contribution is 2.29. The van der Waals surface area contributed by atoms with Gasteiger partial charge >= 0.3 is 12.3 Å². The van der Waals surface area contributed by atoms with E-state index in [1.54, 1.807) is 0 Å². The monoisotopic (exact) mass is 363 g/mol. The van der Waals surface area contributed by atoms with Crippen LogP contribution < -0.4 is 10.3 Å². The van der Waals surface area contributed by atoms with Crippen molar-refractivity contribution in [2.75, 3.05) is 7.11 Å². The standard InChI is InChI=1S/C8H5F3INO4/c1-16-7(15)3-2-4(14)13-6(12)5(3)17-8(9,10)11/h2H,1H3,(H,13,14). The van der Waals surface area contributed by atoms with Crippen molar-refractivity contribution in [2.24, 2.45) is 0 Å². The van der Waals surface area contributed by atoms with Crippen LogP contribution in [0, 0.1) is 3.70 Å². The zero-order valence-electron chi connectivity index (χ0n) is 8.22. The van der Waals surface area contributed by atoms with Crippen LogP contribution in [0.5, 0.6) is 5.75 Å². The number of esters is 1. The number of carbonyl (C=O) groups is 1. The molecular formula is C8H5F3INO4. The first-order valence-corrected chi connectivity index (χ1v) is 5.09. The third-order valence-corrected chi connectivity index (χ3v) is 2.34. The number of aromatic nitrogens is 1. The average molecular weight is 363 g/mol. The predicted molar refractivity (Wildman–Crippen MR) is 57.8 cm³/mol. The Morgan fingerprint density at radius 1 is 1.47 bits per heavy atom. The molecule has 0 atom stereocenters. The first-order valence-electron chi connectivity index (χ1n) is 4.01. The van der Waals surface area contributed by atoms with Crippen LogP contribution >= 0.6 is 22.6 Å². The van der Waals surface area contributed by atoms with Crippen molar-refractivity contribution in [3.05, 3.63) is 25.7 Å². The van der Waals surface area contributed by atoms with Crippen molar-refractivity contribution in [3.63, 3.8) is 0 Å². The fourth-order valence-electron chi connectivity index (χ4n) is 0.993. The van der Waals surface area contributed by atoms with Gasteiger partial charge in [0.1, 0.15) is 9.26 Å². The Bertz CT molecular complexity index is 497. The summed E-state index contributed by atoms with van der Waals surface area (Å²) in [5, 5.41) is 0. The van der Waals surface area contributed by atoms with Crippen LogP contribution in [0.15, 0.2) is 10.9 Å². The topological polar surface area (TPSA) is 68.4 Å². The summed E-state index contributed by atoms with van der Waals surface area (Å²) in [7, 11) is 0.980. The lowest BCUT2D eigenvalue weighted by Gasteiger charge is -2.13. The zero-order chi connectivity index (χ0) is 13.2. The first kappa shape index (κ1) is 13.8. The zero-order valence-corrected chi connectivity index (χ0v) is 10.4. The number of ether oxygens (including phenoxy) is 2. The number of H-pyrrole nitrogens is 1. The van der Waals surface area contributed by atoms with Crippen LogP contribution in [-0.2, 0) is 4.74 Å². The normalized spacial score (nSPS) is 11.1. The Kier molecular flexibility index (Phi) is 4.01. The fraction of sp³-hybridized carbons (Fsp3) is 0.250. The second-order valence-corrected chi connectivity index (χ2v) is 3.81. The van der Waals surface area contributed by atoms with E-state index >= 15 is 0 Å². The number of alkyl halides is 3. The minimum Gasteiger partial charge on any atom is -0.465 e. The van der Waals surface area contributed by atoms with E-state index < -0.39 is 29.2 Å². The van der Waals surface area contributed by atoms with E-state index in [1.807, 2.05) is 0 Å². The first-order chi connectivity index (χ1) is 7.74. The Morgan fingerprint density at radius 2 is 2.06 bits per heavy atom. The molecule has 0 aromatic carbocycles. The van der Waals surface area contributed by atoms with Gasteiger partial charge < -0.3 is 14.5 Å². The number of aromatic amines is 1.